The Hall–Kier alpha value is -0.130. The molecule has 0 aromatic heterocycles. The summed E-state index contributed by atoms with van der Waals surface area (Å²) in [4.78, 5) is 20.8. The van der Waals surface area contributed by atoms with Crippen LogP contribution in [0.2, 0.25) is 0 Å². The number of hydrogen-bond donors (Lipinski definition) is 2. The van der Waals surface area contributed by atoms with Crippen molar-refractivity contribution in [1.82, 2.24) is 0 Å². The SMILES string of the molecule is CCCCCCCCCCCCCCCCC(C[N+](C)(C)C)OP(=O)(O)OC[C@@H](CO)OOCCCCC(OCC)OCC. The normalized spacial score (nSPS) is 15.1. The van der Waals surface area contributed by atoms with Gasteiger partial charge in [-0.15, -0.1) is 0 Å². The van der Waals surface area contributed by atoms with Crippen molar-refractivity contribution in [1.29, 1.82) is 0 Å². The van der Waals surface area contributed by atoms with E-state index in [4.69, 9.17) is 28.3 Å². The summed E-state index contributed by atoms with van der Waals surface area (Å²) >= 11 is 0. The summed E-state index contributed by atoms with van der Waals surface area (Å²) < 4.78 is 35.2. The molecule has 10 nitrogen and oxygen atoms in total. The fourth-order valence-corrected chi connectivity index (χ4v) is 6.03. The van der Waals surface area contributed by atoms with Gasteiger partial charge in [-0.2, -0.15) is 0 Å². The summed E-state index contributed by atoms with van der Waals surface area (Å²) in [5, 5.41) is 9.61. The van der Waals surface area contributed by atoms with Gasteiger partial charge in [0.25, 0.3) is 0 Å². The maximum absolute atomic E-state index is 12.8. The van der Waals surface area contributed by atoms with Gasteiger partial charge in [-0.1, -0.05) is 96.8 Å². The molecule has 3 atom stereocenters. The number of likely N-dealkylation sites (N-methyl/N-ethyl adjacent to an activating group) is 1. The molecule has 0 saturated heterocycles. The molecule has 0 aliphatic rings. The van der Waals surface area contributed by atoms with E-state index < -0.39 is 26.6 Å². The number of rotatable bonds is 34. The van der Waals surface area contributed by atoms with Crippen molar-refractivity contribution in [3.8, 4) is 0 Å². The maximum Gasteiger partial charge on any atom is 0.472 e. The van der Waals surface area contributed by atoms with Crippen molar-refractivity contribution < 1.29 is 47.3 Å². The number of hydrogen-bond acceptors (Lipinski definition) is 8. The molecule has 2 unspecified atom stereocenters. The number of quaternary nitrogens is 1. The number of phosphoric ester groups is 1. The lowest BCUT2D eigenvalue weighted by atomic mass is 10.0. The van der Waals surface area contributed by atoms with Gasteiger partial charge in [-0.3, -0.25) is 9.05 Å². The highest BCUT2D eigenvalue weighted by Gasteiger charge is 2.31. The van der Waals surface area contributed by atoms with Crippen molar-refractivity contribution in [2.75, 3.05) is 60.7 Å². The van der Waals surface area contributed by atoms with Gasteiger partial charge in [0.2, 0.25) is 0 Å². The standard InChI is InChI=1S/C33H70NO9P/c1-7-10-11-12-13-14-15-16-17-18-19-20-21-22-25-31(28-34(4,5)6)43-44(36,37)41-30-32(29-35)42-40-27-24-23-26-33(38-8-2)39-9-3/h31-33,35H,7-30H2,1-6H3/p+1/t31?,32-/m1/s1. The molecular weight excluding hydrogens is 585 g/mol. The molecule has 0 aromatic rings. The van der Waals surface area contributed by atoms with E-state index in [0.717, 1.165) is 25.7 Å². The van der Waals surface area contributed by atoms with Crippen molar-refractivity contribution in [2.24, 2.45) is 0 Å². The highest BCUT2D eigenvalue weighted by molar-refractivity contribution is 7.47. The monoisotopic (exact) mass is 656 g/mol. The number of aliphatic hydroxyl groups is 1. The van der Waals surface area contributed by atoms with E-state index in [1.807, 2.05) is 35.0 Å². The van der Waals surface area contributed by atoms with Crippen molar-refractivity contribution in [3.05, 3.63) is 0 Å². The number of ether oxygens (including phenoxy) is 2. The van der Waals surface area contributed by atoms with Crippen LogP contribution in [-0.2, 0) is 32.9 Å². The minimum Gasteiger partial charge on any atom is -0.393 e. The Labute approximate surface area is 270 Å². The molecule has 0 rings (SSSR count). The highest BCUT2D eigenvalue weighted by Crippen LogP contribution is 2.45. The first-order valence-corrected chi connectivity index (χ1v) is 19.1. The van der Waals surface area contributed by atoms with Crippen LogP contribution in [0.25, 0.3) is 0 Å². The fourth-order valence-electron chi connectivity index (χ4n) is 5.06. The zero-order valence-electron chi connectivity index (χ0n) is 29.3. The molecule has 0 saturated carbocycles. The summed E-state index contributed by atoms with van der Waals surface area (Å²) in [6.07, 6.45) is 19.4. The second-order valence-corrected chi connectivity index (χ2v) is 14.3. The molecule has 0 aromatic carbocycles. The summed E-state index contributed by atoms with van der Waals surface area (Å²) in [5.41, 5.74) is 0. The molecule has 0 heterocycles. The van der Waals surface area contributed by atoms with Crippen molar-refractivity contribution in [2.45, 2.75) is 155 Å². The molecular formula is C33H71NO9P+. The smallest absolute Gasteiger partial charge is 0.393 e. The first-order chi connectivity index (χ1) is 21.1. The Morgan fingerprint density at radius 2 is 1.18 bits per heavy atom. The predicted octanol–water partition coefficient (Wildman–Crippen LogP) is 7.94. The van der Waals surface area contributed by atoms with Crippen LogP contribution in [0.3, 0.4) is 0 Å². The Balaban J connectivity index is 4.24. The van der Waals surface area contributed by atoms with E-state index in [0.29, 0.717) is 43.7 Å². The fraction of sp³-hybridized carbons (Fsp3) is 1.00. The first kappa shape index (κ1) is 43.9. The molecule has 0 amide bonds. The molecule has 0 aliphatic carbocycles. The second-order valence-electron chi connectivity index (χ2n) is 12.9. The van der Waals surface area contributed by atoms with Crippen LogP contribution in [0, 0.1) is 0 Å². The highest BCUT2D eigenvalue weighted by atomic mass is 31.2. The molecule has 266 valence electrons. The van der Waals surface area contributed by atoms with Crippen LogP contribution in [0.5, 0.6) is 0 Å². The third kappa shape index (κ3) is 29.3. The molecule has 11 heteroatoms. The molecule has 0 spiro atoms. The lowest BCUT2D eigenvalue weighted by Crippen LogP contribution is -2.42. The summed E-state index contributed by atoms with van der Waals surface area (Å²) in [7, 11) is 1.75. The Kier molecular flexibility index (Phi) is 29.0. The van der Waals surface area contributed by atoms with Gasteiger partial charge < -0.3 is 24.0 Å². The quantitative estimate of drug-likeness (QED) is 0.0178. The van der Waals surface area contributed by atoms with E-state index in [-0.39, 0.29) is 12.9 Å². The molecule has 0 aliphatic heterocycles. The topological polar surface area (TPSA) is 113 Å². The van der Waals surface area contributed by atoms with Gasteiger partial charge in [-0.25, -0.2) is 14.3 Å². The minimum absolute atomic E-state index is 0.224. The van der Waals surface area contributed by atoms with E-state index in [9.17, 15) is 14.6 Å². The number of aliphatic hydroxyl groups excluding tert-OH is 1. The molecule has 0 bridgehead atoms. The minimum atomic E-state index is -4.35. The van der Waals surface area contributed by atoms with Gasteiger partial charge >= 0.3 is 7.82 Å². The van der Waals surface area contributed by atoms with E-state index in [1.54, 1.807) is 0 Å². The van der Waals surface area contributed by atoms with Gasteiger partial charge in [-0.05, 0) is 39.5 Å². The zero-order chi connectivity index (χ0) is 32.9. The molecule has 0 fully saturated rings. The van der Waals surface area contributed by atoms with Crippen molar-refractivity contribution >= 4 is 7.82 Å². The van der Waals surface area contributed by atoms with Crippen LogP contribution in [-0.4, -0.2) is 93.7 Å². The first-order valence-electron chi connectivity index (χ1n) is 17.6. The summed E-state index contributed by atoms with van der Waals surface area (Å²) in [6.45, 7) is 7.46. The molecule has 0 radical (unpaired) electrons. The van der Waals surface area contributed by atoms with Gasteiger partial charge in [0, 0.05) is 13.2 Å². The van der Waals surface area contributed by atoms with E-state index >= 15 is 0 Å². The Morgan fingerprint density at radius 1 is 0.682 bits per heavy atom. The van der Waals surface area contributed by atoms with Gasteiger partial charge in [0.15, 0.2) is 6.29 Å². The van der Waals surface area contributed by atoms with E-state index in [2.05, 4.69) is 6.92 Å². The summed E-state index contributed by atoms with van der Waals surface area (Å²) in [6, 6.07) is 0. The average molecular weight is 657 g/mol. The van der Waals surface area contributed by atoms with Crippen molar-refractivity contribution in [3.63, 3.8) is 0 Å². The summed E-state index contributed by atoms with van der Waals surface area (Å²) in [5.74, 6) is 0. The maximum atomic E-state index is 12.8. The molecule has 44 heavy (non-hydrogen) atoms. The number of phosphoric acid groups is 1. The van der Waals surface area contributed by atoms with Crippen LogP contribution in [0.4, 0.5) is 0 Å². The third-order valence-corrected chi connectivity index (χ3v) is 8.41. The third-order valence-electron chi connectivity index (χ3n) is 7.37. The number of nitrogens with zero attached hydrogens (tertiary/aromatic N) is 1. The zero-order valence-corrected chi connectivity index (χ0v) is 30.2. The van der Waals surface area contributed by atoms with Crippen LogP contribution < -0.4 is 0 Å². The predicted molar refractivity (Wildman–Crippen MR) is 177 cm³/mol. The van der Waals surface area contributed by atoms with Gasteiger partial charge in [0.05, 0.1) is 41.0 Å². The Morgan fingerprint density at radius 3 is 1.66 bits per heavy atom. The van der Waals surface area contributed by atoms with E-state index in [1.165, 1.54) is 77.0 Å². The average Bonchev–Trinajstić information content (AvgIpc) is 2.95. The number of unbranched alkanes of at least 4 members (excludes halogenated alkanes) is 14. The lowest BCUT2D eigenvalue weighted by Gasteiger charge is -2.30. The van der Waals surface area contributed by atoms with Crippen LogP contribution in [0.1, 0.15) is 136 Å². The Bertz CT molecular complexity index is 660. The lowest BCUT2D eigenvalue weighted by molar-refractivity contribution is -0.873. The largest absolute Gasteiger partial charge is 0.472 e. The van der Waals surface area contributed by atoms with Crippen LogP contribution in [0.15, 0.2) is 0 Å². The van der Waals surface area contributed by atoms with Crippen LogP contribution >= 0.6 is 7.82 Å². The molecule has 2 N–H and O–H groups in total. The second kappa shape index (κ2) is 29.0. The van der Waals surface area contributed by atoms with Gasteiger partial charge in [0.1, 0.15) is 18.8 Å².